The van der Waals surface area contributed by atoms with E-state index in [0.29, 0.717) is 13.1 Å². The van der Waals surface area contributed by atoms with Crippen molar-refractivity contribution in [3.05, 3.63) is 47.2 Å². The Morgan fingerprint density at radius 3 is 2.83 bits per heavy atom. The predicted octanol–water partition coefficient (Wildman–Crippen LogP) is 1.06. The first kappa shape index (κ1) is 20.8. The molecule has 1 aromatic carbocycles. The first-order chi connectivity index (χ1) is 14.7. The van der Waals surface area contributed by atoms with E-state index in [1.54, 1.807) is 5.01 Å². The fraction of sp³-hybridized carbons (Fsp3) is 0.524. The average molecular weight is 414 g/mol. The fourth-order valence-electron chi connectivity index (χ4n) is 4.26. The summed E-state index contributed by atoms with van der Waals surface area (Å²) in [5.74, 6) is 6.36. The molecule has 1 aromatic rings. The molecule has 5 N–H and O–H groups in total. The van der Waals surface area contributed by atoms with Gasteiger partial charge in [-0.15, -0.1) is 0 Å². The standard InChI is InChI=1S/C21H31N7O2/c1-2-19-17-13-23-20(28(22)16-8-10-30-11-9-16)25-18(17)14-27(19)21(29)26-24-12-15-6-4-3-5-7-15/h3-7,13,16,19-20,24-25H,2,8-12,14,22H2,1H3,(H,26,29)/t19-,20?/m1/s1. The van der Waals surface area contributed by atoms with Gasteiger partial charge in [-0.2, -0.15) is 0 Å². The van der Waals surface area contributed by atoms with E-state index in [0.717, 1.165) is 49.3 Å². The molecule has 1 unspecified atom stereocenters. The van der Waals surface area contributed by atoms with Crippen LogP contribution in [0.25, 0.3) is 0 Å². The molecule has 4 rings (SSSR count). The molecule has 162 valence electrons. The van der Waals surface area contributed by atoms with E-state index in [1.807, 2.05) is 41.4 Å². The van der Waals surface area contributed by atoms with Crippen molar-refractivity contribution in [2.75, 3.05) is 19.8 Å². The number of nitrogens with one attached hydrogen (secondary N) is 3. The summed E-state index contributed by atoms with van der Waals surface area (Å²) in [6, 6.07) is 10.0. The zero-order valence-electron chi connectivity index (χ0n) is 17.4. The summed E-state index contributed by atoms with van der Waals surface area (Å²) < 4.78 is 5.43. The Morgan fingerprint density at radius 2 is 2.10 bits per heavy atom. The topological polar surface area (TPSA) is 107 Å². The van der Waals surface area contributed by atoms with E-state index in [9.17, 15) is 4.79 Å². The quantitative estimate of drug-likeness (QED) is 0.410. The van der Waals surface area contributed by atoms with Crippen LogP contribution < -0.4 is 22.0 Å². The Kier molecular flexibility index (Phi) is 6.63. The maximum Gasteiger partial charge on any atom is 0.332 e. The number of urea groups is 1. The third-order valence-corrected chi connectivity index (χ3v) is 5.94. The van der Waals surface area contributed by atoms with Gasteiger partial charge in [0.2, 0.25) is 0 Å². The maximum atomic E-state index is 12.8. The first-order valence-electron chi connectivity index (χ1n) is 10.6. The second-order valence-electron chi connectivity index (χ2n) is 7.84. The molecule has 1 fully saturated rings. The van der Waals surface area contributed by atoms with Gasteiger partial charge in [0.05, 0.1) is 12.6 Å². The van der Waals surface area contributed by atoms with E-state index in [4.69, 9.17) is 10.6 Å². The Hall–Kier alpha value is -2.46. The highest BCUT2D eigenvalue weighted by Crippen LogP contribution is 2.28. The number of amides is 2. The van der Waals surface area contributed by atoms with Crippen LogP contribution in [0.5, 0.6) is 0 Å². The minimum absolute atomic E-state index is 0.00923. The van der Waals surface area contributed by atoms with Crippen molar-refractivity contribution >= 4 is 12.2 Å². The molecular weight excluding hydrogens is 382 g/mol. The number of hydrogen-bond donors (Lipinski definition) is 4. The molecule has 1 saturated heterocycles. The molecule has 0 bridgehead atoms. The number of nitrogens with two attached hydrogens (primary N) is 1. The van der Waals surface area contributed by atoms with Crippen LogP contribution in [0.2, 0.25) is 0 Å². The summed E-state index contributed by atoms with van der Waals surface area (Å²) in [7, 11) is 0. The van der Waals surface area contributed by atoms with E-state index in [-0.39, 0.29) is 24.4 Å². The van der Waals surface area contributed by atoms with Crippen LogP contribution in [0, 0.1) is 0 Å². The Labute approximate surface area is 177 Å². The van der Waals surface area contributed by atoms with Crippen molar-refractivity contribution < 1.29 is 9.53 Å². The van der Waals surface area contributed by atoms with Crippen molar-refractivity contribution in [2.45, 2.75) is 51.1 Å². The molecule has 9 heteroatoms. The van der Waals surface area contributed by atoms with Gasteiger partial charge in [-0.3, -0.25) is 16.3 Å². The van der Waals surface area contributed by atoms with Crippen LogP contribution in [0.4, 0.5) is 4.79 Å². The molecule has 0 radical (unpaired) electrons. The summed E-state index contributed by atoms with van der Waals surface area (Å²) in [5, 5.41) is 5.23. The second-order valence-corrected chi connectivity index (χ2v) is 7.84. The van der Waals surface area contributed by atoms with Gasteiger partial charge >= 0.3 is 6.03 Å². The molecule has 0 aromatic heterocycles. The molecule has 0 aliphatic carbocycles. The molecule has 2 atom stereocenters. The number of hydrazine groups is 2. The molecule has 0 spiro atoms. The third-order valence-electron chi connectivity index (χ3n) is 5.94. The SMILES string of the molecule is CC[C@@H]1C2=C(CN1C(=O)NNCc1ccccc1)NC(N(N)C1CCOCC1)N=C2. The lowest BCUT2D eigenvalue weighted by Crippen LogP contribution is -2.56. The van der Waals surface area contributed by atoms with Crippen LogP contribution in [0.1, 0.15) is 31.7 Å². The Bertz CT molecular complexity index is 792. The lowest BCUT2D eigenvalue weighted by molar-refractivity contribution is 0.0126. The summed E-state index contributed by atoms with van der Waals surface area (Å²) >= 11 is 0. The van der Waals surface area contributed by atoms with Gasteiger partial charge in [-0.25, -0.2) is 15.2 Å². The molecule has 2 amide bonds. The molecule has 3 aliphatic heterocycles. The normalized spacial score (nSPS) is 24.2. The summed E-state index contributed by atoms with van der Waals surface area (Å²) in [4.78, 5) is 19.3. The van der Waals surface area contributed by atoms with E-state index in [1.165, 1.54) is 0 Å². The third kappa shape index (κ3) is 4.49. The largest absolute Gasteiger partial charge is 0.381 e. The Morgan fingerprint density at radius 1 is 1.33 bits per heavy atom. The lowest BCUT2D eigenvalue weighted by Gasteiger charge is -2.36. The fourth-order valence-corrected chi connectivity index (χ4v) is 4.26. The monoisotopic (exact) mass is 413 g/mol. The number of hydrogen-bond acceptors (Lipinski definition) is 7. The number of carbonyl (C=O) groups excluding carboxylic acids is 1. The van der Waals surface area contributed by atoms with Crippen LogP contribution in [-0.2, 0) is 11.3 Å². The van der Waals surface area contributed by atoms with Gasteiger partial charge in [0.25, 0.3) is 0 Å². The zero-order valence-corrected chi connectivity index (χ0v) is 17.4. The summed E-state index contributed by atoms with van der Waals surface area (Å²) in [5.41, 5.74) is 9.03. The van der Waals surface area contributed by atoms with Gasteiger partial charge in [0.15, 0.2) is 6.29 Å². The Balaban J connectivity index is 1.33. The van der Waals surface area contributed by atoms with Gasteiger partial charge < -0.3 is 15.0 Å². The minimum Gasteiger partial charge on any atom is -0.381 e. The van der Waals surface area contributed by atoms with E-state index in [2.05, 4.69) is 28.1 Å². The molecule has 0 saturated carbocycles. The second kappa shape index (κ2) is 9.57. The van der Waals surface area contributed by atoms with Crippen molar-refractivity contribution in [1.29, 1.82) is 0 Å². The van der Waals surface area contributed by atoms with Gasteiger partial charge in [0.1, 0.15) is 0 Å². The smallest absolute Gasteiger partial charge is 0.332 e. The van der Waals surface area contributed by atoms with Gasteiger partial charge in [-0.05, 0) is 24.8 Å². The number of aliphatic imine (C=N–C) groups is 1. The van der Waals surface area contributed by atoms with E-state index >= 15 is 0 Å². The zero-order chi connectivity index (χ0) is 20.9. The summed E-state index contributed by atoms with van der Waals surface area (Å²) in [6.07, 6.45) is 4.18. The number of carbonyl (C=O) groups is 1. The molecule has 30 heavy (non-hydrogen) atoms. The highest BCUT2D eigenvalue weighted by molar-refractivity contribution is 5.87. The number of rotatable bonds is 6. The van der Waals surface area contributed by atoms with Crippen LogP contribution in [0.15, 0.2) is 46.6 Å². The van der Waals surface area contributed by atoms with Crippen molar-refractivity contribution in [2.24, 2.45) is 10.8 Å². The van der Waals surface area contributed by atoms with Crippen LogP contribution in [0.3, 0.4) is 0 Å². The van der Waals surface area contributed by atoms with Crippen LogP contribution in [-0.4, -0.2) is 60.3 Å². The van der Waals surface area contributed by atoms with Crippen molar-refractivity contribution in [3.8, 4) is 0 Å². The molecule has 3 aliphatic rings. The summed E-state index contributed by atoms with van der Waals surface area (Å²) in [6.45, 7) is 4.61. The highest BCUT2D eigenvalue weighted by Gasteiger charge is 2.38. The highest BCUT2D eigenvalue weighted by atomic mass is 16.5. The molecular formula is C21H31N7O2. The van der Waals surface area contributed by atoms with Crippen LogP contribution >= 0.6 is 0 Å². The number of benzene rings is 1. The van der Waals surface area contributed by atoms with Crippen molar-refractivity contribution in [1.82, 2.24) is 26.1 Å². The van der Waals surface area contributed by atoms with Gasteiger partial charge in [0, 0.05) is 43.3 Å². The van der Waals surface area contributed by atoms with Gasteiger partial charge in [-0.1, -0.05) is 37.3 Å². The molecule has 9 nitrogen and oxygen atoms in total. The van der Waals surface area contributed by atoms with E-state index < -0.39 is 0 Å². The number of nitrogens with zero attached hydrogens (tertiary/aromatic N) is 3. The first-order valence-corrected chi connectivity index (χ1v) is 10.6. The predicted molar refractivity (Wildman–Crippen MR) is 115 cm³/mol. The maximum absolute atomic E-state index is 12.8. The average Bonchev–Trinajstić information content (AvgIpc) is 3.17. The lowest BCUT2D eigenvalue weighted by atomic mass is 10.1. The minimum atomic E-state index is -0.316. The molecule has 3 heterocycles. The number of ether oxygens (including phenoxy) is 1. The van der Waals surface area contributed by atoms with Crippen molar-refractivity contribution in [3.63, 3.8) is 0 Å².